The number of aromatic nitrogens is 1. The van der Waals surface area contributed by atoms with Crippen molar-refractivity contribution in [2.45, 2.75) is 6.92 Å². The summed E-state index contributed by atoms with van der Waals surface area (Å²) in [5, 5.41) is 3.40. The van der Waals surface area contributed by atoms with E-state index < -0.39 is 0 Å². The van der Waals surface area contributed by atoms with Crippen LogP contribution in [0.3, 0.4) is 0 Å². The summed E-state index contributed by atoms with van der Waals surface area (Å²) in [6, 6.07) is 11.3. The number of nitrogens with zero attached hydrogens (tertiary/aromatic N) is 1. The zero-order valence-corrected chi connectivity index (χ0v) is 12.6. The van der Waals surface area contributed by atoms with E-state index in [1.165, 1.54) is 16.9 Å². The molecule has 2 aromatic carbocycles. The molecule has 0 atom stereocenters. The van der Waals surface area contributed by atoms with Crippen molar-refractivity contribution >= 4 is 32.6 Å². The fraction of sp³-hybridized carbons (Fsp3) is 0.125. The van der Waals surface area contributed by atoms with Gasteiger partial charge in [0, 0.05) is 0 Å². The van der Waals surface area contributed by atoms with Gasteiger partial charge in [-0.1, -0.05) is 23.5 Å². The molecule has 2 heterocycles. The number of carbonyl (C=O) groups is 1. The molecule has 0 radical (unpaired) electrons. The highest BCUT2D eigenvalue weighted by Crippen LogP contribution is 2.36. The fourth-order valence-electron chi connectivity index (χ4n) is 2.36. The van der Waals surface area contributed by atoms with E-state index in [2.05, 4.69) is 16.4 Å². The molecular formula is C16H12N2O3S. The summed E-state index contributed by atoms with van der Waals surface area (Å²) < 4.78 is 11.7. The molecular weight excluding hydrogens is 300 g/mol. The summed E-state index contributed by atoms with van der Waals surface area (Å²) in [5.41, 5.74) is 2.50. The van der Waals surface area contributed by atoms with Crippen LogP contribution in [-0.4, -0.2) is 17.7 Å². The predicted octanol–water partition coefficient (Wildman–Crippen LogP) is 3.59. The number of benzene rings is 2. The fourth-order valence-corrected chi connectivity index (χ4v) is 3.32. The molecule has 0 fully saturated rings. The number of aryl methyl sites for hydroxylation is 1. The number of hydrogen-bond donors (Lipinski definition) is 1. The molecule has 1 aliphatic rings. The van der Waals surface area contributed by atoms with Crippen LogP contribution in [0.2, 0.25) is 0 Å². The van der Waals surface area contributed by atoms with Gasteiger partial charge < -0.3 is 9.47 Å². The van der Waals surface area contributed by atoms with Gasteiger partial charge in [-0.15, -0.1) is 0 Å². The normalized spacial score (nSPS) is 12.6. The van der Waals surface area contributed by atoms with Crippen LogP contribution in [-0.2, 0) is 0 Å². The highest BCUT2D eigenvalue weighted by molar-refractivity contribution is 7.22. The second-order valence-electron chi connectivity index (χ2n) is 4.98. The third-order valence-corrected chi connectivity index (χ3v) is 4.34. The molecule has 0 unspecified atom stereocenters. The van der Waals surface area contributed by atoms with E-state index in [1.54, 1.807) is 18.2 Å². The summed E-state index contributed by atoms with van der Waals surface area (Å²) in [6.07, 6.45) is 0. The van der Waals surface area contributed by atoms with Gasteiger partial charge in [0.05, 0.1) is 15.8 Å². The number of anilines is 1. The lowest BCUT2D eigenvalue weighted by Gasteiger charge is -2.04. The predicted molar refractivity (Wildman–Crippen MR) is 84.9 cm³/mol. The van der Waals surface area contributed by atoms with E-state index in [1.807, 2.05) is 19.1 Å². The minimum absolute atomic E-state index is 0.139. The third kappa shape index (κ3) is 2.17. The maximum atomic E-state index is 12.4. The number of hydrogen-bond acceptors (Lipinski definition) is 5. The summed E-state index contributed by atoms with van der Waals surface area (Å²) in [5.74, 6) is 0.822. The molecule has 0 spiro atoms. The van der Waals surface area contributed by atoms with Crippen molar-refractivity contribution in [3.8, 4) is 11.5 Å². The quantitative estimate of drug-likeness (QED) is 0.785. The van der Waals surface area contributed by atoms with Crippen molar-refractivity contribution in [1.82, 2.24) is 4.98 Å². The topological polar surface area (TPSA) is 60.5 Å². The smallest absolute Gasteiger partial charge is 0.261 e. The van der Waals surface area contributed by atoms with Gasteiger partial charge in [-0.05, 0) is 36.8 Å². The first-order chi connectivity index (χ1) is 10.7. The van der Waals surface area contributed by atoms with Crippen LogP contribution in [0, 0.1) is 6.92 Å². The monoisotopic (exact) mass is 312 g/mol. The van der Waals surface area contributed by atoms with E-state index in [9.17, 15) is 4.79 Å². The Morgan fingerprint density at radius 3 is 3.09 bits per heavy atom. The Balaban J connectivity index is 1.65. The van der Waals surface area contributed by atoms with E-state index in [0.29, 0.717) is 22.2 Å². The molecule has 0 saturated heterocycles. The standard InChI is InChI=1S/C16H12N2O3S/c1-9-5-6-11-13(7-9)22-16(17-11)18-15(19)10-3-2-4-12-14(10)21-8-20-12/h2-7H,8H2,1H3,(H,17,18,19). The molecule has 0 aliphatic carbocycles. The maximum Gasteiger partial charge on any atom is 0.261 e. The van der Waals surface area contributed by atoms with Crippen LogP contribution < -0.4 is 14.8 Å². The first-order valence-electron chi connectivity index (χ1n) is 6.78. The van der Waals surface area contributed by atoms with Crippen LogP contribution in [0.25, 0.3) is 10.2 Å². The number of rotatable bonds is 2. The van der Waals surface area contributed by atoms with Gasteiger partial charge in [-0.25, -0.2) is 4.98 Å². The summed E-state index contributed by atoms with van der Waals surface area (Å²) in [4.78, 5) is 16.9. The average Bonchev–Trinajstić information content (AvgIpc) is 3.11. The van der Waals surface area contributed by atoms with Gasteiger partial charge in [0.1, 0.15) is 0 Å². The first kappa shape index (κ1) is 13.1. The molecule has 1 N–H and O–H groups in total. The highest BCUT2D eigenvalue weighted by atomic mass is 32.1. The largest absolute Gasteiger partial charge is 0.454 e. The molecule has 0 saturated carbocycles. The third-order valence-electron chi connectivity index (χ3n) is 3.41. The van der Waals surface area contributed by atoms with Crippen LogP contribution >= 0.6 is 11.3 Å². The second kappa shape index (κ2) is 4.99. The van der Waals surface area contributed by atoms with E-state index >= 15 is 0 Å². The van der Waals surface area contributed by atoms with Crippen LogP contribution in [0.1, 0.15) is 15.9 Å². The van der Waals surface area contributed by atoms with Gasteiger partial charge in [0.15, 0.2) is 16.6 Å². The lowest BCUT2D eigenvalue weighted by molar-refractivity contribution is 0.102. The highest BCUT2D eigenvalue weighted by Gasteiger charge is 2.22. The number of carbonyl (C=O) groups excluding carboxylic acids is 1. The second-order valence-corrected chi connectivity index (χ2v) is 6.01. The zero-order chi connectivity index (χ0) is 15.1. The molecule has 0 bridgehead atoms. The number of ether oxygens (including phenoxy) is 2. The molecule has 1 aromatic heterocycles. The lowest BCUT2D eigenvalue weighted by Crippen LogP contribution is -2.12. The maximum absolute atomic E-state index is 12.4. The molecule has 4 rings (SSSR count). The Morgan fingerprint density at radius 1 is 1.27 bits per heavy atom. The Kier molecular flexibility index (Phi) is 2.97. The van der Waals surface area contributed by atoms with Crippen molar-refractivity contribution in [1.29, 1.82) is 0 Å². The zero-order valence-electron chi connectivity index (χ0n) is 11.8. The summed E-state index contributed by atoms with van der Waals surface area (Å²) in [6.45, 7) is 2.17. The summed E-state index contributed by atoms with van der Waals surface area (Å²) >= 11 is 1.45. The Hall–Kier alpha value is -2.60. The van der Waals surface area contributed by atoms with Gasteiger partial charge in [0.25, 0.3) is 5.91 Å². The van der Waals surface area contributed by atoms with Crippen molar-refractivity contribution in [3.63, 3.8) is 0 Å². The van der Waals surface area contributed by atoms with Gasteiger partial charge in [-0.3, -0.25) is 10.1 Å². The number of amides is 1. The number of nitrogens with one attached hydrogen (secondary N) is 1. The molecule has 1 aliphatic heterocycles. The van der Waals surface area contributed by atoms with E-state index in [0.717, 1.165) is 10.2 Å². The van der Waals surface area contributed by atoms with Crippen molar-refractivity contribution in [3.05, 3.63) is 47.5 Å². The van der Waals surface area contributed by atoms with Crippen LogP contribution in [0.4, 0.5) is 5.13 Å². The summed E-state index contributed by atoms with van der Waals surface area (Å²) in [7, 11) is 0. The van der Waals surface area contributed by atoms with E-state index in [-0.39, 0.29) is 12.7 Å². The molecule has 6 heteroatoms. The van der Waals surface area contributed by atoms with Crippen molar-refractivity contribution in [2.24, 2.45) is 0 Å². The Morgan fingerprint density at radius 2 is 2.18 bits per heavy atom. The average molecular weight is 312 g/mol. The number of fused-ring (bicyclic) bond motifs is 2. The molecule has 1 amide bonds. The Bertz CT molecular complexity index is 888. The number of para-hydroxylation sites is 1. The van der Waals surface area contributed by atoms with Gasteiger partial charge >= 0.3 is 0 Å². The van der Waals surface area contributed by atoms with Crippen molar-refractivity contribution in [2.75, 3.05) is 12.1 Å². The minimum atomic E-state index is -0.252. The van der Waals surface area contributed by atoms with Crippen molar-refractivity contribution < 1.29 is 14.3 Å². The Labute approximate surface area is 130 Å². The molecule has 3 aromatic rings. The molecule has 5 nitrogen and oxygen atoms in total. The van der Waals surface area contributed by atoms with Gasteiger partial charge in [-0.2, -0.15) is 0 Å². The van der Waals surface area contributed by atoms with Crippen LogP contribution in [0.15, 0.2) is 36.4 Å². The molecule has 22 heavy (non-hydrogen) atoms. The number of thiazole rings is 1. The molecule has 110 valence electrons. The van der Waals surface area contributed by atoms with E-state index in [4.69, 9.17) is 9.47 Å². The SMILES string of the molecule is Cc1ccc2nc(NC(=O)c3cccc4c3OCO4)sc2c1. The minimum Gasteiger partial charge on any atom is -0.454 e. The van der Waals surface area contributed by atoms with Crippen LogP contribution in [0.5, 0.6) is 11.5 Å². The van der Waals surface area contributed by atoms with Gasteiger partial charge in [0.2, 0.25) is 6.79 Å². The first-order valence-corrected chi connectivity index (χ1v) is 7.59. The lowest BCUT2D eigenvalue weighted by atomic mass is 10.2.